The number of hydrogen-bond donors (Lipinski definition) is 1. The van der Waals surface area contributed by atoms with E-state index in [1.165, 1.54) is 31.9 Å². The summed E-state index contributed by atoms with van der Waals surface area (Å²) in [5.41, 5.74) is 1.27. The summed E-state index contributed by atoms with van der Waals surface area (Å²) in [7, 11) is 4.19. The number of nitrogens with zero attached hydrogens (tertiary/aromatic N) is 5. The van der Waals surface area contributed by atoms with Gasteiger partial charge in [0.15, 0.2) is 5.96 Å². The minimum atomic E-state index is 0. The first-order chi connectivity index (χ1) is 11.6. The molecule has 3 aliphatic rings. The van der Waals surface area contributed by atoms with E-state index in [2.05, 4.69) is 73.8 Å². The van der Waals surface area contributed by atoms with Crippen LogP contribution in [0.1, 0.15) is 12.6 Å². The van der Waals surface area contributed by atoms with Gasteiger partial charge in [0.25, 0.3) is 0 Å². The third-order valence-electron chi connectivity index (χ3n) is 5.01. The van der Waals surface area contributed by atoms with Crippen LogP contribution in [-0.2, 0) is 13.6 Å². The van der Waals surface area contributed by atoms with Crippen molar-refractivity contribution in [1.82, 2.24) is 24.6 Å². The highest BCUT2D eigenvalue weighted by Gasteiger charge is 2.31. The molecule has 3 aliphatic heterocycles. The van der Waals surface area contributed by atoms with Crippen molar-refractivity contribution in [2.45, 2.75) is 19.5 Å². The summed E-state index contributed by atoms with van der Waals surface area (Å²) in [4.78, 5) is 12.3. The van der Waals surface area contributed by atoms with E-state index in [0.717, 1.165) is 36.6 Å². The first-order valence-corrected chi connectivity index (χ1v) is 9.62. The quantitative estimate of drug-likeness (QED) is 0.362. The number of aromatic nitrogens is 1. The third kappa shape index (κ3) is 5.33. The summed E-state index contributed by atoms with van der Waals surface area (Å²) < 4.78 is 3.28. The number of halogens is 2. The van der Waals surface area contributed by atoms with E-state index in [1.54, 1.807) is 0 Å². The van der Waals surface area contributed by atoms with E-state index < -0.39 is 0 Å². The van der Waals surface area contributed by atoms with E-state index >= 15 is 0 Å². The first-order valence-electron chi connectivity index (χ1n) is 8.83. The minimum absolute atomic E-state index is 0. The van der Waals surface area contributed by atoms with Crippen molar-refractivity contribution >= 4 is 45.9 Å². The largest absolute Gasteiger partial charge is 0.357 e. The maximum atomic E-state index is 4.93. The van der Waals surface area contributed by atoms with Crippen molar-refractivity contribution in [2.24, 2.45) is 12.0 Å². The number of rotatable bonds is 5. The second-order valence-corrected chi connectivity index (χ2v) is 7.72. The normalized spacial score (nSPS) is 25.6. The van der Waals surface area contributed by atoms with Crippen molar-refractivity contribution in [1.29, 1.82) is 0 Å². The predicted molar refractivity (Wildman–Crippen MR) is 118 cm³/mol. The van der Waals surface area contributed by atoms with Gasteiger partial charge < -0.3 is 14.8 Å². The Morgan fingerprint density at radius 2 is 2.08 bits per heavy atom. The lowest BCUT2D eigenvalue weighted by atomic mass is 10.1. The van der Waals surface area contributed by atoms with Crippen molar-refractivity contribution in [3.8, 4) is 0 Å². The van der Waals surface area contributed by atoms with Crippen LogP contribution in [0.4, 0.5) is 0 Å². The summed E-state index contributed by atoms with van der Waals surface area (Å²) in [5, 5.41) is 3.44. The molecule has 6 nitrogen and oxygen atoms in total. The van der Waals surface area contributed by atoms with Crippen LogP contribution in [0.5, 0.6) is 0 Å². The van der Waals surface area contributed by atoms with Gasteiger partial charge in [-0.1, -0.05) is 0 Å². The van der Waals surface area contributed by atoms with Gasteiger partial charge in [0.2, 0.25) is 0 Å². The maximum absolute atomic E-state index is 4.93. The lowest BCUT2D eigenvalue weighted by Crippen LogP contribution is -2.62. The zero-order chi connectivity index (χ0) is 17.1. The Hall–Kier alpha value is -0.320. The Morgan fingerprint density at radius 3 is 2.60 bits per heavy atom. The summed E-state index contributed by atoms with van der Waals surface area (Å²) in [6, 6.07) is 2.73. The lowest BCUT2D eigenvalue weighted by Gasteiger charge is -2.47. The van der Waals surface area contributed by atoms with Crippen molar-refractivity contribution in [2.75, 3.05) is 52.9 Å². The zero-order valence-corrected chi connectivity index (χ0v) is 19.3. The lowest BCUT2D eigenvalue weighted by molar-refractivity contribution is 0.0173. The Labute approximate surface area is 176 Å². The Bertz CT molecular complexity index is 582. The van der Waals surface area contributed by atoms with Gasteiger partial charge >= 0.3 is 0 Å². The molecule has 4 rings (SSSR count). The van der Waals surface area contributed by atoms with Gasteiger partial charge in [-0.2, -0.15) is 0 Å². The highest BCUT2D eigenvalue weighted by atomic mass is 127. The number of hydrogen-bond acceptors (Lipinski definition) is 3. The molecule has 3 fully saturated rings. The summed E-state index contributed by atoms with van der Waals surface area (Å²) in [6.45, 7) is 10.7. The molecular weight excluding hydrogens is 495 g/mol. The summed E-state index contributed by atoms with van der Waals surface area (Å²) in [6.07, 6.45) is 2.09. The van der Waals surface area contributed by atoms with Crippen LogP contribution in [0.15, 0.2) is 21.7 Å². The predicted octanol–water partition coefficient (Wildman–Crippen LogP) is 1.80. The second kappa shape index (κ2) is 9.57. The van der Waals surface area contributed by atoms with E-state index in [-0.39, 0.29) is 24.0 Å². The molecule has 0 spiro atoms. The molecule has 1 atom stereocenters. The fourth-order valence-corrected chi connectivity index (χ4v) is 4.17. The Morgan fingerprint density at radius 1 is 1.36 bits per heavy atom. The van der Waals surface area contributed by atoms with Crippen LogP contribution in [0, 0.1) is 0 Å². The zero-order valence-electron chi connectivity index (χ0n) is 15.4. The van der Waals surface area contributed by atoms with Gasteiger partial charge in [0, 0.05) is 75.8 Å². The Balaban J connectivity index is 0.00000225. The summed E-state index contributed by atoms with van der Waals surface area (Å²) >= 11 is 3.55. The molecule has 1 aromatic rings. The van der Waals surface area contributed by atoms with Crippen LogP contribution < -0.4 is 5.32 Å². The molecule has 4 heterocycles. The fraction of sp³-hybridized carbons (Fsp3) is 0.706. The van der Waals surface area contributed by atoms with Crippen LogP contribution >= 0.6 is 39.9 Å². The third-order valence-corrected chi connectivity index (χ3v) is 5.45. The van der Waals surface area contributed by atoms with E-state index in [9.17, 15) is 0 Å². The monoisotopic (exact) mass is 524 g/mol. The molecule has 2 bridgehead atoms. The number of piperazine rings is 3. The first kappa shape index (κ1) is 21.0. The maximum Gasteiger partial charge on any atom is 0.194 e. The van der Waals surface area contributed by atoms with Crippen LogP contribution in [0.3, 0.4) is 0 Å². The van der Waals surface area contributed by atoms with Gasteiger partial charge in [-0.3, -0.25) is 14.8 Å². The molecule has 25 heavy (non-hydrogen) atoms. The molecule has 0 saturated carbocycles. The van der Waals surface area contributed by atoms with Gasteiger partial charge in [-0.05, 0) is 28.9 Å². The highest BCUT2D eigenvalue weighted by molar-refractivity contribution is 14.0. The molecule has 1 aromatic heterocycles. The molecule has 8 heteroatoms. The smallest absolute Gasteiger partial charge is 0.194 e. The SMILES string of the molecule is CCNC(=NCC1CN2CCN1CC2)N(C)Cc1cc(Br)cn1C.I. The summed E-state index contributed by atoms with van der Waals surface area (Å²) in [5.74, 6) is 0.993. The second-order valence-electron chi connectivity index (χ2n) is 6.80. The van der Waals surface area contributed by atoms with Gasteiger partial charge in [-0.25, -0.2) is 0 Å². The number of nitrogens with one attached hydrogen (secondary N) is 1. The molecule has 1 N–H and O–H groups in total. The molecule has 0 aromatic carbocycles. The van der Waals surface area contributed by atoms with Gasteiger partial charge in [-0.15, -0.1) is 24.0 Å². The average molecular weight is 525 g/mol. The Kier molecular flexibility index (Phi) is 8.03. The topological polar surface area (TPSA) is 39.0 Å². The number of aryl methyl sites for hydroxylation is 1. The van der Waals surface area contributed by atoms with E-state index in [4.69, 9.17) is 4.99 Å². The number of guanidine groups is 1. The molecular formula is C17H30BrIN6. The fourth-order valence-electron chi connectivity index (χ4n) is 3.60. The molecule has 0 amide bonds. The van der Waals surface area contributed by atoms with Gasteiger partial charge in [0.05, 0.1) is 13.1 Å². The highest BCUT2D eigenvalue weighted by Crippen LogP contribution is 2.17. The van der Waals surface area contributed by atoms with Crippen LogP contribution in [0.25, 0.3) is 0 Å². The van der Waals surface area contributed by atoms with E-state index in [1.807, 2.05) is 0 Å². The number of aliphatic imine (C=N–C) groups is 1. The average Bonchev–Trinajstić information content (AvgIpc) is 2.89. The van der Waals surface area contributed by atoms with Crippen molar-refractivity contribution < 1.29 is 0 Å². The molecule has 1 unspecified atom stereocenters. The molecule has 3 saturated heterocycles. The standard InChI is InChI=1S/C17H29BrN6.HI/c1-4-19-17(22(3)12-15-9-14(18)11-21(15)2)20-10-16-13-23-5-7-24(16)8-6-23;/h9,11,16H,4-8,10,12-13H2,1-3H3,(H,19,20);1H. The number of fused-ring (bicyclic) bond motifs is 3. The molecule has 0 aliphatic carbocycles. The van der Waals surface area contributed by atoms with Crippen LogP contribution in [0.2, 0.25) is 0 Å². The minimum Gasteiger partial charge on any atom is -0.357 e. The molecule has 142 valence electrons. The van der Waals surface area contributed by atoms with E-state index in [0.29, 0.717) is 6.04 Å². The molecule has 0 radical (unpaired) electrons. The van der Waals surface area contributed by atoms with Crippen LogP contribution in [-0.4, -0.2) is 84.1 Å². The van der Waals surface area contributed by atoms with Crippen molar-refractivity contribution in [3.63, 3.8) is 0 Å². The van der Waals surface area contributed by atoms with Gasteiger partial charge in [0.1, 0.15) is 0 Å². The van der Waals surface area contributed by atoms with Crippen molar-refractivity contribution in [3.05, 3.63) is 22.4 Å².